The summed E-state index contributed by atoms with van der Waals surface area (Å²) in [4.78, 5) is 24.8. The first-order chi connectivity index (χ1) is 10.3. The number of likely N-dealkylation sites (tertiary alicyclic amines) is 1. The predicted octanol–water partition coefficient (Wildman–Crippen LogP) is 1.54. The molecule has 1 aliphatic rings. The number of amides is 1. The van der Waals surface area contributed by atoms with Crippen molar-refractivity contribution < 1.29 is 27.5 Å². The van der Waals surface area contributed by atoms with Crippen molar-refractivity contribution in [1.82, 2.24) is 4.90 Å². The third-order valence-corrected chi connectivity index (χ3v) is 4.69. The minimum atomic E-state index is -3.50. The number of carboxylic acids is 1. The van der Waals surface area contributed by atoms with E-state index in [-0.39, 0.29) is 29.2 Å². The van der Waals surface area contributed by atoms with Crippen molar-refractivity contribution in [1.29, 1.82) is 0 Å². The van der Waals surface area contributed by atoms with E-state index in [2.05, 4.69) is 0 Å². The zero-order valence-corrected chi connectivity index (χ0v) is 13.1. The van der Waals surface area contributed by atoms with Gasteiger partial charge in [0.05, 0.1) is 0 Å². The normalized spacial score (nSPS) is 19.1. The van der Waals surface area contributed by atoms with Crippen molar-refractivity contribution >= 4 is 21.7 Å². The van der Waals surface area contributed by atoms with Crippen molar-refractivity contribution in [3.8, 4) is 0 Å². The Morgan fingerprint density at radius 2 is 2.09 bits per heavy atom. The Morgan fingerprint density at radius 1 is 1.36 bits per heavy atom. The summed E-state index contributed by atoms with van der Waals surface area (Å²) in [6.07, 6.45) is 3.94. The zero-order valence-electron chi connectivity index (χ0n) is 12.3. The van der Waals surface area contributed by atoms with Crippen LogP contribution in [0, 0.1) is 0 Å². The molecule has 1 aliphatic heterocycles. The summed E-state index contributed by atoms with van der Waals surface area (Å²) < 4.78 is 27.9. The Kier molecular flexibility index (Phi) is 4.90. The van der Waals surface area contributed by atoms with E-state index in [9.17, 15) is 18.0 Å². The van der Waals surface area contributed by atoms with Crippen LogP contribution in [-0.4, -0.2) is 49.1 Å². The van der Waals surface area contributed by atoms with Crippen LogP contribution in [0.1, 0.15) is 42.7 Å². The van der Waals surface area contributed by atoms with Gasteiger partial charge in [0.1, 0.15) is 0 Å². The Morgan fingerprint density at radius 3 is 2.68 bits per heavy atom. The summed E-state index contributed by atoms with van der Waals surface area (Å²) in [5.74, 6) is -1.30. The number of nitrogens with zero attached hydrogens (tertiary/aromatic N) is 1. The maximum absolute atomic E-state index is 12.5. The number of piperidine rings is 1. The van der Waals surface area contributed by atoms with E-state index < -0.39 is 15.8 Å². The van der Waals surface area contributed by atoms with Gasteiger partial charge in [-0.1, -0.05) is 0 Å². The molecule has 0 aliphatic carbocycles. The van der Waals surface area contributed by atoms with Crippen molar-refractivity contribution in [2.75, 3.05) is 12.8 Å². The number of aliphatic carboxylic acids is 1. The molecule has 0 spiro atoms. The lowest BCUT2D eigenvalue weighted by Crippen LogP contribution is -2.43. The van der Waals surface area contributed by atoms with Crippen LogP contribution in [0.15, 0.2) is 21.6 Å². The predicted molar refractivity (Wildman–Crippen MR) is 77.4 cm³/mol. The molecular formula is C14H19NO6S. The summed E-state index contributed by atoms with van der Waals surface area (Å²) in [6, 6.07) is 2.46. The van der Waals surface area contributed by atoms with Gasteiger partial charge in [0.25, 0.3) is 5.91 Å². The fourth-order valence-electron chi connectivity index (χ4n) is 2.63. The van der Waals surface area contributed by atoms with Gasteiger partial charge in [-0.15, -0.1) is 0 Å². The van der Waals surface area contributed by atoms with E-state index >= 15 is 0 Å². The molecule has 7 nitrogen and oxygen atoms in total. The molecule has 122 valence electrons. The molecule has 8 heteroatoms. The second-order valence-corrected chi connectivity index (χ2v) is 7.42. The third-order valence-electron chi connectivity index (χ3n) is 3.74. The summed E-state index contributed by atoms with van der Waals surface area (Å²) in [7, 11) is -3.50. The van der Waals surface area contributed by atoms with Gasteiger partial charge >= 0.3 is 5.97 Å². The molecule has 2 rings (SSSR count). The quantitative estimate of drug-likeness (QED) is 0.878. The molecule has 22 heavy (non-hydrogen) atoms. The number of rotatable bonds is 5. The lowest BCUT2D eigenvalue weighted by Gasteiger charge is -2.35. The van der Waals surface area contributed by atoms with Crippen molar-refractivity contribution in [3.63, 3.8) is 0 Å². The molecule has 1 aromatic heterocycles. The van der Waals surface area contributed by atoms with Gasteiger partial charge < -0.3 is 14.4 Å². The largest absolute Gasteiger partial charge is 0.481 e. The first-order valence-corrected chi connectivity index (χ1v) is 9.01. The zero-order chi connectivity index (χ0) is 16.3. The molecule has 0 radical (unpaired) electrons. The third kappa shape index (κ3) is 3.88. The summed E-state index contributed by atoms with van der Waals surface area (Å²) in [6.45, 7) is 0.526. The Balaban J connectivity index is 2.14. The Bertz CT molecular complexity index is 663. The second kappa shape index (κ2) is 6.51. The molecule has 0 saturated carbocycles. The highest BCUT2D eigenvalue weighted by molar-refractivity contribution is 7.90. The molecule has 2 heterocycles. The molecule has 1 fully saturated rings. The van der Waals surface area contributed by atoms with Crippen molar-refractivity contribution in [2.45, 2.75) is 43.2 Å². The van der Waals surface area contributed by atoms with E-state index in [4.69, 9.17) is 9.52 Å². The van der Waals surface area contributed by atoms with Gasteiger partial charge in [-0.2, -0.15) is 0 Å². The van der Waals surface area contributed by atoms with E-state index in [0.717, 1.165) is 25.5 Å². The smallest absolute Gasteiger partial charge is 0.303 e. The summed E-state index contributed by atoms with van der Waals surface area (Å²) in [5.41, 5.74) is 0. The van der Waals surface area contributed by atoms with Crippen LogP contribution in [-0.2, 0) is 14.6 Å². The van der Waals surface area contributed by atoms with E-state index in [0.29, 0.717) is 13.0 Å². The lowest BCUT2D eigenvalue weighted by molar-refractivity contribution is -0.137. The average Bonchev–Trinajstić information content (AvgIpc) is 2.94. The fraction of sp³-hybridized carbons (Fsp3) is 0.571. The van der Waals surface area contributed by atoms with Crippen LogP contribution < -0.4 is 0 Å². The maximum atomic E-state index is 12.5. The Hall–Kier alpha value is -1.83. The van der Waals surface area contributed by atoms with Gasteiger partial charge in [-0.25, -0.2) is 8.42 Å². The highest BCUT2D eigenvalue weighted by Gasteiger charge is 2.30. The van der Waals surface area contributed by atoms with Crippen LogP contribution in [0.25, 0.3) is 0 Å². The van der Waals surface area contributed by atoms with Crippen molar-refractivity contribution in [2.24, 2.45) is 0 Å². The average molecular weight is 329 g/mol. The highest BCUT2D eigenvalue weighted by atomic mass is 32.2. The second-order valence-electron chi connectivity index (χ2n) is 5.47. The lowest BCUT2D eigenvalue weighted by atomic mass is 9.97. The first kappa shape index (κ1) is 16.5. The SMILES string of the molecule is CS(=O)(=O)c1ccc(C(=O)N2CCCCC2CCC(=O)O)o1. The molecule has 1 atom stereocenters. The minimum Gasteiger partial charge on any atom is -0.481 e. The van der Waals surface area contributed by atoms with Crippen molar-refractivity contribution in [3.05, 3.63) is 17.9 Å². The van der Waals surface area contributed by atoms with Crippen LogP contribution in [0.4, 0.5) is 0 Å². The molecule has 1 saturated heterocycles. The number of carbonyl (C=O) groups excluding carboxylic acids is 1. The van der Waals surface area contributed by atoms with E-state index in [1.165, 1.54) is 12.1 Å². The molecule has 0 bridgehead atoms. The molecule has 1 aromatic rings. The van der Waals surface area contributed by atoms with Crippen LogP contribution >= 0.6 is 0 Å². The van der Waals surface area contributed by atoms with Gasteiger partial charge in [0, 0.05) is 25.3 Å². The van der Waals surface area contributed by atoms with Crippen LogP contribution in [0.5, 0.6) is 0 Å². The van der Waals surface area contributed by atoms with Gasteiger partial charge in [-0.05, 0) is 37.8 Å². The highest BCUT2D eigenvalue weighted by Crippen LogP contribution is 2.24. The minimum absolute atomic E-state index is 0.00118. The van der Waals surface area contributed by atoms with Gasteiger partial charge in [0.15, 0.2) is 5.76 Å². The van der Waals surface area contributed by atoms with E-state index in [1.54, 1.807) is 4.90 Å². The first-order valence-electron chi connectivity index (χ1n) is 7.11. The van der Waals surface area contributed by atoms with Gasteiger partial charge in [0.2, 0.25) is 14.9 Å². The molecule has 1 amide bonds. The topological polar surface area (TPSA) is 105 Å². The summed E-state index contributed by atoms with van der Waals surface area (Å²) in [5, 5.41) is 8.55. The number of sulfone groups is 1. The number of hydrogen-bond donors (Lipinski definition) is 1. The number of carbonyl (C=O) groups is 2. The van der Waals surface area contributed by atoms with Crippen LogP contribution in [0.3, 0.4) is 0 Å². The van der Waals surface area contributed by atoms with Gasteiger partial charge in [-0.3, -0.25) is 9.59 Å². The van der Waals surface area contributed by atoms with E-state index in [1.807, 2.05) is 0 Å². The maximum Gasteiger partial charge on any atom is 0.303 e. The Labute approximate surface area is 128 Å². The fourth-order valence-corrected chi connectivity index (χ4v) is 3.19. The van der Waals surface area contributed by atoms with Crippen LogP contribution in [0.2, 0.25) is 0 Å². The monoisotopic (exact) mass is 329 g/mol. The molecule has 0 aromatic carbocycles. The number of furan rings is 1. The molecular weight excluding hydrogens is 310 g/mol. The standard InChI is InChI=1S/C14H19NO6S/c1-22(19,20)13-8-6-11(21-13)14(18)15-9-3-2-4-10(15)5-7-12(16)17/h6,8,10H,2-5,7,9H2,1H3,(H,16,17). The molecule has 1 N–H and O–H groups in total. The summed E-state index contributed by atoms with van der Waals surface area (Å²) >= 11 is 0. The number of carboxylic acid groups (broad SMARTS) is 1. The molecule has 1 unspecified atom stereocenters. The number of hydrogen-bond acceptors (Lipinski definition) is 5.